The van der Waals surface area contributed by atoms with Gasteiger partial charge in [0.15, 0.2) is 0 Å². The zero-order valence-corrected chi connectivity index (χ0v) is 15.0. The number of hydrogen-bond donors (Lipinski definition) is 2. The molecule has 2 aromatic heterocycles. The number of aliphatic hydroxyl groups is 1. The number of hydrogen-bond acceptors (Lipinski definition) is 5. The molecule has 0 aliphatic rings. The maximum absolute atomic E-state index is 11.8. The molecule has 0 saturated carbocycles. The minimum atomic E-state index is -0.227. The van der Waals surface area contributed by atoms with E-state index in [1.54, 1.807) is 30.5 Å². The zero-order valence-electron chi connectivity index (χ0n) is 15.0. The molecule has 0 unspecified atom stereocenters. The normalized spacial score (nSPS) is 10.3. The number of imidazole rings is 1. The maximum atomic E-state index is 11.8. The first kappa shape index (κ1) is 18.4. The van der Waals surface area contributed by atoms with Crippen LogP contribution in [0.25, 0.3) is 0 Å². The van der Waals surface area contributed by atoms with Gasteiger partial charge in [-0.3, -0.25) is 4.79 Å². The number of aryl methyl sites for hydroxylation is 1. The summed E-state index contributed by atoms with van der Waals surface area (Å²) in [5.74, 6) is 7.17. The predicted octanol–water partition coefficient (Wildman–Crippen LogP) is 1.60. The Hall–Kier alpha value is -3.37. The molecule has 0 aliphatic heterocycles. The van der Waals surface area contributed by atoms with Crippen molar-refractivity contribution in [3.05, 3.63) is 71.1 Å². The Kier molecular flexibility index (Phi) is 6.02. The highest BCUT2D eigenvalue weighted by Gasteiger charge is 2.06. The summed E-state index contributed by atoms with van der Waals surface area (Å²) < 4.78 is 7.29. The van der Waals surface area contributed by atoms with Gasteiger partial charge in [-0.25, -0.2) is 4.98 Å². The van der Waals surface area contributed by atoms with E-state index >= 15 is 0 Å². The summed E-state index contributed by atoms with van der Waals surface area (Å²) in [5.41, 5.74) is 2.06. The van der Waals surface area contributed by atoms with Gasteiger partial charge >= 0.3 is 0 Å². The number of amides is 1. The Bertz CT molecular complexity index is 961. The zero-order chi connectivity index (χ0) is 19.1. The van der Waals surface area contributed by atoms with Crippen molar-refractivity contribution in [3.8, 4) is 11.8 Å². The van der Waals surface area contributed by atoms with Crippen molar-refractivity contribution in [2.24, 2.45) is 0 Å². The summed E-state index contributed by atoms with van der Waals surface area (Å²) in [6.07, 6.45) is 4.54. The van der Waals surface area contributed by atoms with Gasteiger partial charge < -0.3 is 19.5 Å². The van der Waals surface area contributed by atoms with Crippen LogP contribution in [0.2, 0.25) is 0 Å². The molecule has 138 valence electrons. The van der Waals surface area contributed by atoms with Gasteiger partial charge in [-0.05, 0) is 30.2 Å². The number of carbonyl (C=O) groups is 1. The van der Waals surface area contributed by atoms with Crippen LogP contribution in [0.5, 0.6) is 0 Å². The lowest BCUT2D eigenvalue weighted by Gasteiger charge is -2.02. The third-order valence-electron chi connectivity index (χ3n) is 3.88. The molecule has 1 aromatic carbocycles. The number of nitrogens with one attached hydrogen (secondary N) is 1. The summed E-state index contributed by atoms with van der Waals surface area (Å²) in [7, 11) is 0. The number of benzene rings is 1. The molecule has 0 radical (unpaired) electrons. The van der Waals surface area contributed by atoms with Gasteiger partial charge in [0, 0.05) is 42.6 Å². The standard InChI is InChI=1S/C20H20N4O3/c1-2-19-21-9-11-24(19)14-17-13-18(27-23-17)8-5-15-3-6-16(7-4-15)20(26)22-10-12-25/h3-4,6-7,9,11,13,25H,2,10,12,14H2,1H3,(H,22,26). The van der Waals surface area contributed by atoms with Crippen LogP contribution in [0.3, 0.4) is 0 Å². The minimum Gasteiger partial charge on any atom is -0.395 e. The van der Waals surface area contributed by atoms with Crippen molar-refractivity contribution >= 4 is 5.91 Å². The van der Waals surface area contributed by atoms with Gasteiger partial charge in [0.25, 0.3) is 5.91 Å². The maximum Gasteiger partial charge on any atom is 0.251 e. The van der Waals surface area contributed by atoms with Gasteiger partial charge in [-0.2, -0.15) is 0 Å². The van der Waals surface area contributed by atoms with Crippen LogP contribution in [-0.2, 0) is 13.0 Å². The van der Waals surface area contributed by atoms with Crippen molar-refractivity contribution in [1.29, 1.82) is 0 Å². The number of aliphatic hydroxyl groups excluding tert-OH is 1. The topological polar surface area (TPSA) is 93.2 Å². The molecule has 2 N–H and O–H groups in total. The van der Waals surface area contributed by atoms with E-state index in [1.165, 1.54) is 0 Å². The van der Waals surface area contributed by atoms with Crippen molar-refractivity contribution in [3.63, 3.8) is 0 Å². The van der Waals surface area contributed by atoms with E-state index < -0.39 is 0 Å². The minimum absolute atomic E-state index is 0.0882. The third-order valence-corrected chi connectivity index (χ3v) is 3.88. The average Bonchev–Trinajstić information content (AvgIpc) is 3.34. The molecule has 1 amide bonds. The van der Waals surface area contributed by atoms with Crippen LogP contribution < -0.4 is 5.32 Å². The van der Waals surface area contributed by atoms with Gasteiger partial charge in [-0.1, -0.05) is 18.0 Å². The summed E-state index contributed by atoms with van der Waals surface area (Å²) in [6.45, 7) is 2.79. The Morgan fingerprint density at radius 3 is 2.85 bits per heavy atom. The molecule has 0 aliphatic carbocycles. The monoisotopic (exact) mass is 364 g/mol. The Morgan fingerprint density at radius 2 is 2.11 bits per heavy atom. The van der Waals surface area contributed by atoms with Crippen LogP contribution >= 0.6 is 0 Å². The fraction of sp³-hybridized carbons (Fsp3) is 0.250. The number of rotatable bonds is 6. The van der Waals surface area contributed by atoms with Crippen molar-refractivity contribution in [2.45, 2.75) is 19.9 Å². The summed E-state index contributed by atoms with van der Waals surface area (Å²) >= 11 is 0. The lowest BCUT2D eigenvalue weighted by atomic mass is 10.1. The molecule has 3 aromatic rings. The van der Waals surface area contributed by atoms with E-state index in [0.29, 0.717) is 17.9 Å². The number of nitrogens with zero attached hydrogens (tertiary/aromatic N) is 3. The third kappa shape index (κ3) is 4.84. The fourth-order valence-corrected chi connectivity index (χ4v) is 2.53. The fourth-order valence-electron chi connectivity index (χ4n) is 2.53. The summed E-state index contributed by atoms with van der Waals surface area (Å²) in [6, 6.07) is 8.71. The van der Waals surface area contributed by atoms with Gasteiger partial charge in [0.1, 0.15) is 11.5 Å². The van der Waals surface area contributed by atoms with Crippen LogP contribution in [0.1, 0.15) is 40.1 Å². The first-order valence-electron chi connectivity index (χ1n) is 8.66. The molecule has 7 heteroatoms. The molecule has 0 fully saturated rings. The van der Waals surface area contributed by atoms with E-state index in [2.05, 4.69) is 34.2 Å². The summed E-state index contributed by atoms with van der Waals surface area (Å²) in [4.78, 5) is 16.1. The van der Waals surface area contributed by atoms with E-state index in [9.17, 15) is 4.79 Å². The van der Waals surface area contributed by atoms with Crippen LogP contribution in [0.15, 0.2) is 47.2 Å². The highest BCUT2D eigenvalue weighted by molar-refractivity contribution is 5.94. The number of aromatic nitrogens is 3. The Balaban J connectivity index is 1.64. The average molecular weight is 364 g/mol. The summed E-state index contributed by atoms with van der Waals surface area (Å²) in [5, 5.41) is 15.4. The molecule has 0 bridgehead atoms. The second-order valence-corrected chi connectivity index (χ2v) is 5.81. The van der Waals surface area contributed by atoms with Crippen molar-refractivity contribution < 1.29 is 14.4 Å². The predicted molar refractivity (Wildman–Crippen MR) is 99.1 cm³/mol. The molecule has 27 heavy (non-hydrogen) atoms. The largest absolute Gasteiger partial charge is 0.395 e. The second-order valence-electron chi connectivity index (χ2n) is 5.81. The second kappa shape index (κ2) is 8.83. The van der Waals surface area contributed by atoms with Crippen LogP contribution in [-0.4, -0.2) is 38.9 Å². The molecule has 0 spiro atoms. The quantitative estimate of drug-likeness (QED) is 0.648. The molecular formula is C20H20N4O3. The SMILES string of the molecule is CCc1nccn1Cc1cc(C#Cc2ccc(C(=O)NCCO)cc2)on1. The lowest BCUT2D eigenvalue weighted by molar-refractivity contribution is 0.0945. The van der Waals surface area contributed by atoms with Crippen molar-refractivity contribution in [2.75, 3.05) is 13.2 Å². The van der Waals surface area contributed by atoms with E-state index in [-0.39, 0.29) is 19.1 Å². The molecule has 2 heterocycles. The van der Waals surface area contributed by atoms with Crippen molar-refractivity contribution in [1.82, 2.24) is 20.0 Å². The molecule has 0 atom stereocenters. The molecular weight excluding hydrogens is 344 g/mol. The van der Waals surface area contributed by atoms with Crippen LogP contribution in [0, 0.1) is 11.8 Å². The first-order chi connectivity index (χ1) is 13.2. The smallest absolute Gasteiger partial charge is 0.251 e. The molecule has 0 saturated heterocycles. The Morgan fingerprint density at radius 1 is 1.30 bits per heavy atom. The van der Waals surface area contributed by atoms with Gasteiger partial charge in [0.2, 0.25) is 5.76 Å². The van der Waals surface area contributed by atoms with Gasteiger partial charge in [-0.15, -0.1) is 0 Å². The van der Waals surface area contributed by atoms with E-state index in [0.717, 1.165) is 23.5 Å². The van der Waals surface area contributed by atoms with Crippen LogP contribution in [0.4, 0.5) is 0 Å². The molecule has 7 nitrogen and oxygen atoms in total. The first-order valence-corrected chi connectivity index (χ1v) is 8.66. The highest BCUT2D eigenvalue weighted by Crippen LogP contribution is 2.08. The Labute approximate surface area is 157 Å². The van der Waals surface area contributed by atoms with E-state index in [1.807, 2.05) is 16.8 Å². The molecule has 3 rings (SSSR count). The van der Waals surface area contributed by atoms with E-state index in [4.69, 9.17) is 9.63 Å². The van der Waals surface area contributed by atoms with Gasteiger partial charge in [0.05, 0.1) is 13.2 Å². The lowest BCUT2D eigenvalue weighted by Crippen LogP contribution is -2.26. The number of carbonyl (C=O) groups excluding carboxylic acids is 1. The highest BCUT2D eigenvalue weighted by atomic mass is 16.5.